The number of phenols is 1. The Bertz CT molecular complexity index is 1580. The number of primary amides is 2. The number of phenolic OH excluding ortho intramolecular Hbond substituents is 1. The number of fused-ring (bicyclic) bond motifs is 3. The lowest BCUT2D eigenvalue weighted by Gasteiger charge is -2.61. The van der Waals surface area contributed by atoms with Gasteiger partial charge in [0.05, 0.1) is 17.5 Å². The molecule has 2 saturated carbocycles. The van der Waals surface area contributed by atoms with Gasteiger partial charge in [-0.2, -0.15) is 0 Å². The van der Waals surface area contributed by atoms with Crippen LogP contribution >= 0.6 is 0 Å². The van der Waals surface area contributed by atoms with Gasteiger partial charge in [-0.1, -0.05) is 32.0 Å². The van der Waals surface area contributed by atoms with Gasteiger partial charge in [-0.25, -0.2) is 0 Å². The van der Waals surface area contributed by atoms with Gasteiger partial charge in [-0.15, -0.1) is 0 Å². The fourth-order valence-electron chi connectivity index (χ4n) is 7.80. The first kappa shape index (κ1) is 28.3. The van der Waals surface area contributed by atoms with E-state index in [1.165, 1.54) is 44.1 Å². The van der Waals surface area contributed by atoms with Gasteiger partial charge in [-0.3, -0.25) is 33.7 Å². The third-order valence-corrected chi connectivity index (χ3v) is 9.35. The zero-order valence-electron chi connectivity index (χ0n) is 23.1. The minimum Gasteiger partial charge on any atom is -0.507 e. The molecule has 2 fully saturated rings. The van der Waals surface area contributed by atoms with Crippen LogP contribution in [0.25, 0.3) is 11.1 Å². The molecule has 0 saturated heterocycles. The molecular weight excluding hydrogens is 530 g/mol. The Morgan fingerprint density at radius 3 is 2.10 bits per heavy atom. The molecule has 0 heterocycles. The molecule has 2 aromatic rings. The fraction of sp³-hybridized carbons (Fsp3) is 0.400. The maximum Gasteiger partial charge on any atom is 0.248 e. The van der Waals surface area contributed by atoms with Crippen molar-refractivity contribution in [1.82, 2.24) is 4.90 Å². The molecule has 6 N–H and O–H groups in total. The van der Waals surface area contributed by atoms with Gasteiger partial charge >= 0.3 is 0 Å². The number of likely N-dealkylation sites (N-methyl/N-ethyl adjacent to an activating group) is 1. The molecule has 41 heavy (non-hydrogen) atoms. The van der Waals surface area contributed by atoms with E-state index < -0.39 is 69.3 Å². The summed E-state index contributed by atoms with van der Waals surface area (Å²) in [6.07, 6.45) is -0.0289. The first-order valence-corrected chi connectivity index (χ1v) is 13.1. The van der Waals surface area contributed by atoms with Crippen LogP contribution in [0.3, 0.4) is 0 Å². The summed E-state index contributed by atoms with van der Waals surface area (Å²) in [5.41, 5.74) is 6.83. The van der Waals surface area contributed by atoms with Crippen LogP contribution in [0.1, 0.15) is 46.5 Å². The molecule has 2 aromatic carbocycles. The molecule has 2 amide bonds. The van der Waals surface area contributed by atoms with Crippen molar-refractivity contribution in [3.63, 3.8) is 0 Å². The van der Waals surface area contributed by atoms with E-state index in [4.69, 9.17) is 11.5 Å². The summed E-state index contributed by atoms with van der Waals surface area (Å²) in [6.45, 7) is 3.14. The standard InChI is InChI=1S/C30H31N3O8/c1-28-11-16-15(13-5-7-14(8-6-13)26(31)39)9-10-17(34)18(16)21(35)20(28)25(38)30(41)24(37)19(27(32)40)22(36)23(33(3)4)29(30,2)12-28/h5-10,19-20,23,34,41H,11-12H2,1-4H3,(H2,31,39)(H2,32,40)/t19?,20?,23-,28+,29+,30-/m1/s1. The second-order valence-corrected chi connectivity index (χ2v) is 12.2. The van der Waals surface area contributed by atoms with Gasteiger partial charge in [0.15, 0.2) is 34.7 Å². The Labute approximate surface area is 235 Å². The Morgan fingerprint density at radius 1 is 0.951 bits per heavy atom. The van der Waals surface area contributed by atoms with E-state index in [1.54, 1.807) is 25.1 Å². The Hall–Kier alpha value is -4.22. The molecule has 2 unspecified atom stereocenters. The van der Waals surface area contributed by atoms with Gasteiger partial charge in [0, 0.05) is 11.0 Å². The number of amides is 2. The van der Waals surface area contributed by atoms with Crippen LogP contribution in [0.15, 0.2) is 36.4 Å². The Balaban J connectivity index is 1.72. The van der Waals surface area contributed by atoms with Crippen LogP contribution in [0, 0.1) is 22.7 Å². The summed E-state index contributed by atoms with van der Waals surface area (Å²) in [6, 6.07) is 8.08. The molecule has 3 aliphatic rings. The molecule has 3 aliphatic carbocycles. The maximum atomic E-state index is 14.3. The maximum absolute atomic E-state index is 14.3. The molecule has 0 aromatic heterocycles. The molecule has 0 spiro atoms. The van der Waals surface area contributed by atoms with Crippen molar-refractivity contribution in [2.24, 2.45) is 34.1 Å². The van der Waals surface area contributed by atoms with E-state index in [-0.39, 0.29) is 29.7 Å². The Kier molecular flexibility index (Phi) is 6.14. The number of Topliss-reactive ketones (excluding diaryl/α,β-unsaturated/α-hetero) is 4. The molecule has 5 rings (SSSR count). The number of rotatable bonds is 4. The van der Waals surface area contributed by atoms with E-state index in [0.717, 1.165) is 0 Å². The number of benzene rings is 2. The van der Waals surface area contributed by atoms with Crippen LogP contribution in [0.4, 0.5) is 0 Å². The van der Waals surface area contributed by atoms with Crippen LogP contribution in [0.2, 0.25) is 0 Å². The smallest absolute Gasteiger partial charge is 0.248 e. The van der Waals surface area contributed by atoms with Gasteiger partial charge < -0.3 is 21.7 Å². The summed E-state index contributed by atoms with van der Waals surface area (Å²) < 4.78 is 0. The van der Waals surface area contributed by atoms with Crippen molar-refractivity contribution in [3.05, 3.63) is 53.1 Å². The topological polar surface area (TPSA) is 198 Å². The van der Waals surface area contributed by atoms with Crippen molar-refractivity contribution in [2.75, 3.05) is 14.1 Å². The first-order chi connectivity index (χ1) is 19.0. The summed E-state index contributed by atoms with van der Waals surface area (Å²) in [5, 5.41) is 22.8. The molecule has 214 valence electrons. The van der Waals surface area contributed by atoms with Crippen LogP contribution in [0.5, 0.6) is 5.75 Å². The fourth-order valence-corrected chi connectivity index (χ4v) is 7.80. The molecule has 0 aliphatic heterocycles. The highest BCUT2D eigenvalue weighted by Gasteiger charge is 2.76. The zero-order valence-corrected chi connectivity index (χ0v) is 23.1. The number of aromatic hydroxyl groups is 1. The third kappa shape index (κ3) is 3.58. The van der Waals surface area contributed by atoms with Crippen LogP contribution in [-0.2, 0) is 25.6 Å². The average Bonchev–Trinajstić information content (AvgIpc) is 2.86. The summed E-state index contributed by atoms with van der Waals surface area (Å²) in [5.74, 6) is -9.89. The van der Waals surface area contributed by atoms with Crippen molar-refractivity contribution in [2.45, 2.75) is 38.3 Å². The number of aliphatic hydroxyl groups is 1. The SMILES string of the molecule is CN(C)[C@@H]1C(=O)C(C(N)=O)C(=O)[C@@]2(O)C(=O)C3C(=O)c4c(O)ccc(-c5ccc(C(N)=O)cc5)c4C[C@@]3(C)C[C@@]12C. The summed E-state index contributed by atoms with van der Waals surface area (Å²) >= 11 is 0. The predicted octanol–water partition coefficient (Wildman–Crippen LogP) is 0.413. The zero-order chi connectivity index (χ0) is 30.4. The Morgan fingerprint density at radius 2 is 1.56 bits per heavy atom. The van der Waals surface area contributed by atoms with Crippen LogP contribution < -0.4 is 11.5 Å². The highest BCUT2D eigenvalue weighted by atomic mass is 16.3. The summed E-state index contributed by atoms with van der Waals surface area (Å²) in [4.78, 5) is 80.7. The largest absolute Gasteiger partial charge is 0.507 e. The number of carbonyl (C=O) groups is 6. The van der Waals surface area contributed by atoms with E-state index >= 15 is 0 Å². The monoisotopic (exact) mass is 561 g/mol. The van der Waals surface area contributed by atoms with Crippen LogP contribution in [-0.4, -0.2) is 75.8 Å². The second kappa shape index (κ2) is 8.89. The second-order valence-electron chi connectivity index (χ2n) is 12.2. The number of nitrogens with two attached hydrogens (primary N) is 2. The minimum absolute atomic E-state index is 0.0826. The lowest BCUT2D eigenvalue weighted by molar-refractivity contribution is -0.203. The number of nitrogens with zero attached hydrogens (tertiary/aromatic N) is 1. The average molecular weight is 562 g/mol. The lowest BCUT2D eigenvalue weighted by atomic mass is 9.42. The highest BCUT2D eigenvalue weighted by molar-refractivity contribution is 6.33. The molecular formula is C30H31N3O8. The van der Waals surface area contributed by atoms with Gasteiger partial charge in [0.1, 0.15) is 5.75 Å². The number of ketones is 4. The van der Waals surface area contributed by atoms with Gasteiger partial charge in [-0.05, 0) is 67.2 Å². The van der Waals surface area contributed by atoms with Gasteiger partial charge in [0.25, 0.3) is 0 Å². The molecule has 6 atom stereocenters. The third-order valence-electron chi connectivity index (χ3n) is 9.35. The van der Waals surface area contributed by atoms with Gasteiger partial charge in [0.2, 0.25) is 11.8 Å². The first-order valence-electron chi connectivity index (χ1n) is 13.1. The van der Waals surface area contributed by atoms with E-state index in [1.807, 2.05) is 0 Å². The normalized spacial score (nSPS) is 32.8. The van der Waals surface area contributed by atoms with Crippen molar-refractivity contribution < 1.29 is 39.0 Å². The van der Waals surface area contributed by atoms with E-state index in [0.29, 0.717) is 16.7 Å². The number of carbonyl (C=O) groups excluding carboxylic acids is 6. The van der Waals surface area contributed by atoms with Crippen molar-refractivity contribution >= 4 is 34.9 Å². The van der Waals surface area contributed by atoms with E-state index in [9.17, 15) is 39.0 Å². The minimum atomic E-state index is -2.86. The molecule has 11 heteroatoms. The molecule has 0 bridgehead atoms. The number of hydrogen-bond acceptors (Lipinski definition) is 9. The highest BCUT2D eigenvalue weighted by Crippen LogP contribution is 2.62. The quantitative estimate of drug-likeness (QED) is 0.382. The predicted molar refractivity (Wildman–Crippen MR) is 145 cm³/mol. The van der Waals surface area contributed by atoms with E-state index in [2.05, 4.69) is 0 Å². The molecule has 11 nitrogen and oxygen atoms in total. The number of hydrogen-bond donors (Lipinski definition) is 4. The molecule has 0 radical (unpaired) electrons. The summed E-state index contributed by atoms with van der Waals surface area (Å²) in [7, 11) is 3.07. The lowest BCUT2D eigenvalue weighted by Crippen LogP contribution is -2.79. The van der Waals surface area contributed by atoms with Crippen molar-refractivity contribution in [3.8, 4) is 16.9 Å². The van der Waals surface area contributed by atoms with Crippen molar-refractivity contribution in [1.29, 1.82) is 0 Å².